The average molecular weight is 527 g/mol. The number of nitrogens with one attached hydrogen (secondary N) is 1. The molecule has 10 heteroatoms. The summed E-state index contributed by atoms with van der Waals surface area (Å²) in [5, 5.41) is 3.08. The SMILES string of the molecule is CCOC(=O)c1c(NC(=O)COC(=O)[C@@H](C(C)C)N2C(=O)c3ccccc3C2=O)sc2c1CC[C@H](C)C2. The summed E-state index contributed by atoms with van der Waals surface area (Å²) < 4.78 is 10.5. The number of fused-ring (bicyclic) bond motifs is 2. The first-order valence-corrected chi connectivity index (χ1v) is 13.2. The number of anilines is 1. The molecule has 0 radical (unpaired) electrons. The fourth-order valence-electron chi connectivity index (χ4n) is 4.78. The number of benzene rings is 1. The van der Waals surface area contributed by atoms with E-state index in [1.54, 1.807) is 32.9 Å². The van der Waals surface area contributed by atoms with Gasteiger partial charge in [0.05, 0.1) is 23.3 Å². The van der Waals surface area contributed by atoms with Crippen molar-refractivity contribution in [1.29, 1.82) is 0 Å². The monoisotopic (exact) mass is 526 g/mol. The minimum Gasteiger partial charge on any atom is -0.462 e. The summed E-state index contributed by atoms with van der Waals surface area (Å²) >= 11 is 1.34. The summed E-state index contributed by atoms with van der Waals surface area (Å²) in [5.41, 5.74) is 1.72. The van der Waals surface area contributed by atoms with Gasteiger partial charge in [-0.25, -0.2) is 9.59 Å². The van der Waals surface area contributed by atoms with Gasteiger partial charge in [0.2, 0.25) is 0 Å². The maximum Gasteiger partial charge on any atom is 0.341 e. The highest BCUT2D eigenvalue weighted by molar-refractivity contribution is 7.17. The second-order valence-corrected chi connectivity index (χ2v) is 10.8. The Bertz CT molecular complexity index is 1230. The van der Waals surface area contributed by atoms with Crippen LogP contribution in [0.1, 0.15) is 75.6 Å². The minimum atomic E-state index is -1.19. The molecule has 1 aromatic heterocycles. The number of rotatable bonds is 8. The zero-order valence-electron chi connectivity index (χ0n) is 21.3. The lowest BCUT2D eigenvalue weighted by atomic mass is 9.88. The highest BCUT2D eigenvalue weighted by atomic mass is 32.1. The fraction of sp³-hybridized carbons (Fsp3) is 0.444. The van der Waals surface area contributed by atoms with Crippen LogP contribution in [0.3, 0.4) is 0 Å². The molecule has 3 amide bonds. The number of imide groups is 1. The van der Waals surface area contributed by atoms with Crippen molar-refractivity contribution in [1.82, 2.24) is 4.90 Å². The molecule has 196 valence electrons. The number of nitrogens with zero attached hydrogens (tertiary/aromatic N) is 1. The summed E-state index contributed by atoms with van der Waals surface area (Å²) in [6.45, 7) is 6.82. The lowest BCUT2D eigenvalue weighted by Crippen LogP contribution is -2.49. The number of ether oxygens (including phenoxy) is 2. The van der Waals surface area contributed by atoms with Crippen LogP contribution in [0.2, 0.25) is 0 Å². The summed E-state index contributed by atoms with van der Waals surface area (Å²) in [4.78, 5) is 66.2. The second kappa shape index (κ2) is 10.8. The van der Waals surface area contributed by atoms with Crippen LogP contribution in [-0.2, 0) is 31.9 Å². The Balaban J connectivity index is 1.47. The molecule has 0 unspecified atom stereocenters. The number of hydrogen-bond acceptors (Lipinski definition) is 8. The van der Waals surface area contributed by atoms with Crippen LogP contribution >= 0.6 is 11.3 Å². The molecule has 1 aliphatic heterocycles. The molecule has 2 heterocycles. The van der Waals surface area contributed by atoms with Crippen LogP contribution < -0.4 is 5.32 Å². The van der Waals surface area contributed by atoms with E-state index in [9.17, 15) is 24.0 Å². The van der Waals surface area contributed by atoms with Crippen LogP contribution in [-0.4, -0.2) is 53.8 Å². The van der Waals surface area contributed by atoms with Crippen molar-refractivity contribution in [2.45, 2.75) is 53.0 Å². The van der Waals surface area contributed by atoms with E-state index < -0.39 is 48.2 Å². The maximum absolute atomic E-state index is 13.0. The molecule has 9 nitrogen and oxygen atoms in total. The normalized spacial score (nSPS) is 17.3. The maximum atomic E-state index is 13.0. The third-order valence-corrected chi connectivity index (χ3v) is 7.74. The summed E-state index contributed by atoms with van der Waals surface area (Å²) in [5.74, 6) is -3.09. The lowest BCUT2D eigenvalue weighted by Gasteiger charge is -2.27. The molecule has 0 spiro atoms. The molecule has 2 atom stereocenters. The molecule has 2 aliphatic rings. The van der Waals surface area contributed by atoms with Crippen LogP contribution in [0, 0.1) is 11.8 Å². The van der Waals surface area contributed by atoms with Crippen molar-refractivity contribution in [2.75, 3.05) is 18.5 Å². The van der Waals surface area contributed by atoms with Gasteiger partial charge in [-0.2, -0.15) is 0 Å². The van der Waals surface area contributed by atoms with Crippen LogP contribution in [0.4, 0.5) is 5.00 Å². The van der Waals surface area contributed by atoms with Gasteiger partial charge in [-0.05, 0) is 55.7 Å². The molecule has 1 aromatic carbocycles. The van der Waals surface area contributed by atoms with E-state index in [2.05, 4.69) is 12.2 Å². The van der Waals surface area contributed by atoms with Crippen LogP contribution in [0.5, 0.6) is 0 Å². The van der Waals surface area contributed by atoms with Gasteiger partial charge in [-0.1, -0.05) is 32.9 Å². The fourth-order valence-corrected chi connectivity index (χ4v) is 6.19. The Morgan fingerprint density at radius 3 is 2.35 bits per heavy atom. The molecule has 2 aromatic rings. The van der Waals surface area contributed by atoms with E-state index in [0.717, 1.165) is 34.6 Å². The van der Waals surface area contributed by atoms with Gasteiger partial charge in [-0.3, -0.25) is 19.3 Å². The van der Waals surface area contributed by atoms with Crippen molar-refractivity contribution in [3.8, 4) is 0 Å². The Labute approximate surface area is 219 Å². The van der Waals surface area contributed by atoms with Gasteiger partial charge in [-0.15, -0.1) is 11.3 Å². The van der Waals surface area contributed by atoms with Crippen molar-refractivity contribution >= 4 is 46.0 Å². The van der Waals surface area contributed by atoms with Gasteiger partial charge in [0.25, 0.3) is 17.7 Å². The number of hydrogen-bond donors (Lipinski definition) is 1. The van der Waals surface area contributed by atoms with E-state index in [-0.39, 0.29) is 17.7 Å². The number of carbonyl (C=O) groups excluding carboxylic acids is 5. The van der Waals surface area contributed by atoms with E-state index in [0.29, 0.717) is 16.5 Å². The van der Waals surface area contributed by atoms with Crippen molar-refractivity contribution < 1.29 is 33.4 Å². The molecule has 37 heavy (non-hydrogen) atoms. The van der Waals surface area contributed by atoms with Gasteiger partial charge in [0.15, 0.2) is 6.61 Å². The Morgan fingerprint density at radius 1 is 1.11 bits per heavy atom. The molecule has 0 saturated heterocycles. The van der Waals surface area contributed by atoms with E-state index in [1.165, 1.54) is 23.5 Å². The van der Waals surface area contributed by atoms with Crippen LogP contribution in [0.25, 0.3) is 0 Å². The molecule has 0 bridgehead atoms. The predicted octanol–water partition coefficient (Wildman–Crippen LogP) is 3.85. The molecule has 0 fully saturated rings. The molecular formula is C27H30N2O7S. The zero-order chi connectivity index (χ0) is 26.9. The lowest BCUT2D eigenvalue weighted by molar-refractivity contribution is -0.152. The molecule has 1 N–H and O–H groups in total. The molecule has 0 saturated carbocycles. The minimum absolute atomic E-state index is 0.208. The smallest absolute Gasteiger partial charge is 0.341 e. The first-order chi connectivity index (χ1) is 17.6. The molecule has 4 rings (SSSR count). The second-order valence-electron chi connectivity index (χ2n) is 9.65. The number of amides is 3. The first-order valence-electron chi connectivity index (χ1n) is 12.4. The van der Waals surface area contributed by atoms with E-state index in [4.69, 9.17) is 9.47 Å². The predicted molar refractivity (Wildman–Crippen MR) is 137 cm³/mol. The third-order valence-electron chi connectivity index (χ3n) is 6.57. The largest absolute Gasteiger partial charge is 0.462 e. The topological polar surface area (TPSA) is 119 Å². The average Bonchev–Trinajstić information content (AvgIpc) is 3.32. The number of thiophene rings is 1. The zero-order valence-corrected chi connectivity index (χ0v) is 22.1. The Morgan fingerprint density at radius 2 is 1.76 bits per heavy atom. The third kappa shape index (κ3) is 5.16. The number of esters is 2. The van der Waals surface area contributed by atoms with E-state index in [1.807, 2.05) is 0 Å². The highest BCUT2D eigenvalue weighted by Gasteiger charge is 2.44. The molecular weight excluding hydrogens is 496 g/mol. The van der Waals surface area contributed by atoms with Gasteiger partial charge >= 0.3 is 11.9 Å². The standard InChI is InChI=1S/C27H30N2O7S/c1-5-35-26(33)21-18-11-10-15(4)12-19(18)37-23(21)28-20(30)13-36-27(34)22(14(2)3)29-24(31)16-8-6-7-9-17(16)25(29)32/h6-9,14-15,22H,5,10-13H2,1-4H3,(H,28,30)/t15-,22+/m0/s1. The van der Waals surface area contributed by atoms with Gasteiger partial charge < -0.3 is 14.8 Å². The Hall–Kier alpha value is -3.53. The van der Waals surface area contributed by atoms with Crippen molar-refractivity contribution in [2.24, 2.45) is 11.8 Å². The van der Waals surface area contributed by atoms with Gasteiger partial charge in [0, 0.05) is 4.88 Å². The van der Waals surface area contributed by atoms with Gasteiger partial charge in [0.1, 0.15) is 11.0 Å². The quantitative estimate of drug-likeness (QED) is 0.410. The summed E-state index contributed by atoms with van der Waals surface area (Å²) in [7, 11) is 0. The summed E-state index contributed by atoms with van der Waals surface area (Å²) in [6.07, 6.45) is 2.48. The first kappa shape index (κ1) is 26.5. The van der Waals surface area contributed by atoms with E-state index >= 15 is 0 Å². The molecule has 1 aliphatic carbocycles. The number of carbonyl (C=O) groups is 5. The highest BCUT2D eigenvalue weighted by Crippen LogP contribution is 2.40. The van der Waals surface area contributed by atoms with Crippen LogP contribution in [0.15, 0.2) is 24.3 Å². The van der Waals surface area contributed by atoms with Crippen molar-refractivity contribution in [3.05, 3.63) is 51.4 Å². The Kier molecular flexibility index (Phi) is 7.77. The summed E-state index contributed by atoms with van der Waals surface area (Å²) in [6, 6.07) is 5.18. The van der Waals surface area contributed by atoms with Crippen molar-refractivity contribution in [3.63, 3.8) is 0 Å².